The zero-order valence-electron chi connectivity index (χ0n) is 18.1. The molecule has 1 saturated carbocycles. The van der Waals surface area contributed by atoms with E-state index in [1.165, 1.54) is 0 Å². The van der Waals surface area contributed by atoms with Crippen molar-refractivity contribution in [2.75, 3.05) is 20.3 Å². The van der Waals surface area contributed by atoms with Crippen LogP contribution in [0.1, 0.15) is 41.6 Å². The standard InChI is InChI=1S/C24H28ClN3O4/c1-26-24(10-11-24)28-23(30)19-15-16-8-9-21(18(25)14-16)32-13-5-4-12-31-20-7-3-2-6-17(20)22(29)27-19/h2-3,6-9,14,19,26H,4-5,10-13,15H2,1H3,(H,27,29)(H,28,30). The van der Waals surface area contributed by atoms with E-state index in [1.54, 1.807) is 24.3 Å². The molecule has 2 bridgehead atoms. The summed E-state index contributed by atoms with van der Waals surface area (Å²) < 4.78 is 11.7. The van der Waals surface area contributed by atoms with Gasteiger partial charge >= 0.3 is 0 Å². The van der Waals surface area contributed by atoms with E-state index >= 15 is 0 Å². The van der Waals surface area contributed by atoms with E-state index < -0.39 is 11.7 Å². The predicted molar refractivity (Wildman–Crippen MR) is 122 cm³/mol. The molecule has 2 aromatic carbocycles. The van der Waals surface area contributed by atoms with Gasteiger partial charge in [-0.15, -0.1) is 0 Å². The highest BCUT2D eigenvalue weighted by Gasteiger charge is 2.43. The summed E-state index contributed by atoms with van der Waals surface area (Å²) in [6.45, 7) is 0.969. The van der Waals surface area contributed by atoms with E-state index in [1.807, 2.05) is 25.2 Å². The summed E-state index contributed by atoms with van der Waals surface area (Å²) >= 11 is 6.41. The molecule has 3 aliphatic rings. The van der Waals surface area contributed by atoms with Gasteiger partial charge in [-0.3, -0.25) is 14.9 Å². The minimum absolute atomic E-state index is 0.249. The van der Waals surface area contributed by atoms with Gasteiger partial charge < -0.3 is 20.1 Å². The number of carbonyl (C=O) groups is 2. The van der Waals surface area contributed by atoms with Crippen LogP contribution in [-0.4, -0.2) is 43.8 Å². The highest BCUT2D eigenvalue weighted by atomic mass is 35.5. The normalized spacial score (nSPS) is 20.3. The van der Waals surface area contributed by atoms with Crippen molar-refractivity contribution in [1.29, 1.82) is 0 Å². The number of hydrogen-bond donors (Lipinski definition) is 3. The van der Waals surface area contributed by atoms with Crippen molar-refractivity contribution in [3.8, 4) is 11.5 Å². The van der Waals surface area contributed by atoms with E-state index in [9.17, 15) is 9.59 Å². The van der Waals surface area contributed by atoms with Gasteiger partial charge in [-0.05, 0) is 62.6 Å². The molecule has 1 unspecified atom stereocenters. The molecule has 2 heterocycles. The van der Waals surface area contributed by atoms with Gasteiger partial charge in [0.2, 0.25) is 5.91 Å². The van der Waals surface area contributed by atoms with Gasteiger partial charge in [0, 0.05) is 6.42 Å². The summed E-state index contributed by atoms with van der Waals surface area (Å²) in [4.78, 5) is 26.3. The Morgan fingerprint density at radius 2 is 1.81 bits per heavy atom. The maximum absolute atomic E-state index is 13.2. The van der Waals surface area contributed by atoms with Crippen LogP contribution in [0.3, 0.4) is 0 Å². The molecule has 170 valence electrons. The van der Waals surface area contributed by atoms with Crippen LogP contribution < -0.4 is 25.4 Å². The minimum Gasteiger partial charge on any atom is -0.493 e. The second-order valence-corrected chi connectivity index (χ2v) is 8.62. The Hall–Kier alpha value is -2.77. The van der Waals surface area contributed by atoms with Gasteiger partial charge in [-0.1, -0.05) is 29.8 Å². The second-order valence-electron chi connectivity index (χ2n) is 8.22. The molecule has 2 aromatic rings. The van der Waals surface area contributed by atoms with Gasteiger partial charge in [-0.25, -0.2) is 0 Å². The van der Waals surface area contributed by atoms with Gasteiger partial charge in [-0.2, -0.15) is 0 Å². The van der Waals surface area contributed by atoms with Crippen LogP contribution in [-0.2, 0) is 11.2 Å². The molecule has 5 rings (SSSR count). The number of carbonyl (C=O) groups excluding carboxylic acids is 2. The van der Waals surface area contributed by atoms with Gasteiger partial charge in [0.05, 0.1) is 29.5 Å². The van der Waals surface area contributed by atoms with Crippen molar-refractivity contribution in [3.63, 3.8) is 0 Å². The number of halogens is 1. The first-order valence-corrected chi connectivity index (χ1v) is 11.3. The quantitative estimate of drug-likeness (QED) is 0.616. The van der Waals surface area contributed by atoms with Crippen LogP contribution in [0.2, 0.25) is 5.02 Å². The van der Waals surface area contributed by atoms with E-state index in [-0.39, 0.29) is 11.8 Å². The lowest BCUT2D eigenvalue weighted by Crippen LogP contribution is -2.55. The second kappa shape index (κ2) is 9.79. The molecular weight excluding hydrogens is 430 g/mol. The van der Waals surface area contributed by atoms with Crippen LogP contribution in [0.4, 0.5) is 0 Å². The number of benzene rings is 2. The van der Waals surface area contributed by atoms with Crippen LogP contribution >= 0.6 is 11.6 Å². The van der Waals surface area contributed by atoms with Crippen molar-refractivity contribution in [1.82, 2.24) is 16.0 Å². The predicted octanol–water partition coefficient (Wildman–Crippen LogP) is 3.06. The molecule has 8 heteroatoms. The molecule has 0 spiro atoms. The first-order valence-electron chi connectivity index (χ1n) is 10.9. The topological polar surface area (TPSA) is 88.7 Å². The number of rotatable bonds is 3. The van der Waals surface area contributed by atoms with Crippen molar-refractivity contribution < 1.29 is 19.1 Å². The van der Waals surface area contributed by atoms with Crippen molar-refractivity contribution in [2.24, 2.45) is 0 Å². The van der Waals surface area contributed by atoms with E-state index in [0.29, 0.717) is 41.7 Å². The van der Waals surface area contributed by atoms with E-state index in [0.717, 1.165) is 31.2 Å². The highest BCUT2D eigenvalue weighted by molar-refractivity contribution is 6.32. The maximum Gasteiger partial charge on any atom is 0.255 e. The number of nitrogens with one attached hydrogen (secondary N) is 3. The number of para-hydroxylation sites is 1. The molecule has 0 aromatic heterocycles. The molecule has 3 N–H and O–H groups in total. The Morgan fingerprint density at radius 1 is 1.09 bits per heavy atom. The zero-order chi connectivity index (χ0) is 22.6. The number of amides is 2. The van der Waals surface area contributed by atoms with Crippen molar-refractivity contribution in [2.45, 2.75) is 43.8 Å². The average molecular weight is 458 g/mol. The fraction of sp³-hybridized carbons (Fsp3) is 0.417. The molecule has 2 aliphatic heterocycles. The lowest BCUT2D eigenvalue weighted by Gasteiger charge is -2.24. The van der Waals surface area contributed by atoms with Crippen molar-refractivity contribution >= 4 is 23.4 Å². The molecule has 1 fully saturated rings. The summed E-state index contributed by atoms with van der Waals surface area (Å²) in [7, 11) is 1.82. The lowest BCUT2D eigenvalue weighted by atomic mass is 10.0. The molecule has 1 atom stereocenters. The molecule has 0 radical (unpaired) electrons. The van der Waals surface area contributed by atoms with Crippen LogP contribution in [0.25, 0.3) is 0 Å². The average Bonchev–Trinajstić information content (AvgIpc) is 3.56. The minimum atomic E-state index is -0.780. The van der Waals surface area contributed by atoms with Crippen LogP contribution in [0, 0.1) is 0 Å². The first kappa shape index (κ1) is 22.4. The smallest absolute Gasteiger partial charge is 0.255 e. The molecule has 2 amide bonds. The van der Waals surface area contributed by atoms with Crippen LogP contribution in [0.15, 0.2) is 42.5 Å². The Balaban J connectivity index is 1.63. The largest absolute Gasteiger partial charge is 0.493 e. The summed E-state index contributed by atoms with van der Waals surface area (Å²) in [6, 6.07) is 11.8. The Labute approximate surface area is 192 Å². The SMILES string of the molecule is CNC1(NC(=O)C2Cc3ccc(c(Cl)c3)OCCCCOc3ccccc3C(=O)N2)CC1. The lowest BCUT2D eigenvalue weighted by molar-refractivity contribution is -0.124. The fourth-order valence-corrected chi connectivity index (χ4v) is 3.96. The molecule has 7 nitrogen and oxygen atoms in total. The fourth-order valence-electron chi connectivity index (χ4n) is 3.70. The molecule has 32 heavy (non-hydrogen) atoms. The number of hydrogen-bond acceptors (Lipinski definition) is 5. The van der Waals surface area contributed by atoms with Gasteiger partial charge in [0.25, 0.3) is 5.91 Å². The summed E-state index contributed by atoms with van der Waals surface area (Å²) in [5.41, 5.74) is 0.832. The maximum atomic E-state index is 13.2. The highest BCUT2D eigenvalue weighted by Crippen LogP contribution is 2.32. The summed E-state index contributed by atoms with van der Waals surface area (Å²) in [6.07, 6.45) is 3.56. The number of ether oxygens (including phenoxy) is 2. The molecule has 0 saturated heterocycles. The number of fused-ring (bicyclic) bond motifs is 10. The van der Waals surface area contributed by atoms with Crippen LogP contribution in [0.5, 0.6) is 11.5 Å². The Kier molecular flexibility index (Phi) is 6.86. The molecular formula is C24H28ClN3O4. The van der Waals surface area contributed by atoms with Gasteiger partial charge in [0.1, 0.15) is 17.5 Å². The van der Waals surface area contributed by atoms with E-state index in [2.05, 4.69) is 16.0 Å². The molecule has 1 aliphatic carbocycles. The van der Waals surface area contributed by atoms with Crippen molar-refractivity contribution in [3.05, 3.63) is 58.6 Å². The monoisotopic (exact) mass is 457 g/mol. The summed E-state index contributed by atoms with van der Waals surface area (Å²) in [5, 5.41) is 9.57. The summed E-state index contributed by atoms with van der Waals surface area (Å²) in [5.74, 6) is 0.498. The Morgan fingerprint density at radius 3 is 2.50 bits per heavy atom. The Bertz CT molecular complexity index is 993. The third kappa shape index (κ3) is 5.34. The first-order chi connectivity index (χ1) is 15.5. The third-order valence-corrected chi connectivity index (χ3v) is 6.13. The zero-order valence-corrected chi connectivity index (χ0v) is 18.8. The third-order valence-electron chi connectivity index (χ3n) is 5.83. The van der Waals surface area contributed by atoms with E-state index in [4.69, 9.17) is 21.1 Å². The van der Waals surface area contributed by atoms with Gasteiger partial charge in [0.15, 0.2) is 0 Å².